The minimum absolute atomic E-state index is 0.0980. The minimum Gasteiger partial charge on any atom is -0.385 e. The fourth-order valence-electron chi connectivity index (χ4n) is 5.79. The molecule has 1 unspecified atom stereocenters. The maximum atomic E-state index is 13.1. The van der Waals surface area contributed by atoms with Crippen LogP contribution in [0.5, 0.6) is 0 Å². The summed E-state index contributed by atoms with van der Waals surface area (Å²) < 4.78 is 2.08. The molecule has 2 aliphatic heterocycles. The van der Waals surface area contributed by atoms with E-state index in [1.54, 1.807) is 30.6 Å². The molecule has 0 bridgehead atoms. The molecule has 2 N–H and O–H groups in total. The monoisotopic (exact) mass is 525 g/mol. The van der Waals surface area contributed by atoms with Gasteiger partial charge in [0, 0.05) is 43.2 Å². The Morgan fingerprint density at radius 2 is 1.72 bits per heavy atom. The Balaban J connectivity index is 0.987. The molecule has 2 aliphatic carbocycles. The Hall–Kier alpha value is -4.41. The van der Waals surface area contributed by atoms with Crippen LogP contribution in [0.4, 0.5) is 5.69 Å². The maximum Gasteiger partial charge on any atom is 0.262 e. The van der Waals surface area contributed by atoms with Crippen molar-refractivity contribution in [2.24, 2.45) is 5.92 Å². The summed E-state index contributed by atoms with van der Waals surface area (Å²) in [6, 6.07) is 6.28. The number of rotatable bonds is 7. The average molecular weight is 526 g/mol. The van der Waals surface area contributed by atoms with E-state index in [4.69, 9.17) is 5.10 Å². The first-order chi connectivity index (χ1) is 19.0. The number of piperidine rings is 1. The van der Waals surface area contributed by atoms with Crippen LogP contribution < -0.4 is 10.6 Å². The molecule has 0 radical (unpaired) electrons. The fourth-order valence-corrected chi connectivity index (χ4v) is 5.79. The van der Waals surface area contributed by atoms with Crippen LogP contribution in [0.15, 0.2) is 42.9 Å². The number of nitrogens with zero attached hydrogens (tertiary/aromatic N) is 5. The van der Waals surface area contributed by atoms with Gasteiger partial charge >= 0.3 is 0 Å². The normalized spacial score (nSPS) is 24.4. The van der Waals surface area contributed by atoms with Gasteiger partial charge in [0.25, 0.3) is 11.8 Å². The second-order valence-corrected chi connectivity index (χ2v) is 10.8. The van der Waals surface area contributed by atoms with Gasteiger partial charge in [-0.2, -0.15) is 5.10 Å². The molecular formula is C28H27N7O4. The van der Waals surface area contributed by atoms with Crippen LogP contribution in [0.25, 0.3) is 11.4 Å². The van der Waals surface area contributed by atoms with Gasteiger partial charge in [0.05, 0.1) is 28.4 Å². The van der Waals surface area contributed by atoms with E-state index in [1.807, 2.05) is 6.07 Å². The van der Waals surface area contributed by atoms with Gasteiger partial charge in [-0.25, -0.2) is 9.97 Å². The van der Waals surface area contributed by atoms with Crippen molar-refractivity contribution in [3.8, 4) is 11.4 Å². The molecule has 3 fully saturated rings. The molecule has 39 heavy (non-hydrogen) atoms. The molecule has 2 aromatic heterocycles. The average Bonchev–Trinajstić information content (AvgIpc) is 3.62. The van der Waals surface area contributed by atoms with E-state index >= 15 is 0 Å². The summed E-state index contributed by atoms with van der Waals surface area (Å²) in [5.74, 6) is -0.316. The van der Waals surface area contributed by atoms with Gasteiger partial charge in [-0.3, -0.25) is 34.1 Å². The highest BCUT2D eigenvalue weighted by Crippen LogP contribution is 2.45. The first-order valence-corrected chi connectivity index (χ1v) is 13.4. The number of amides is 4. The molecule has 0 spiro atoms. The van der Waals surface area contributed by atoms with Crippen LogP contribution in [-0.2, 0) is 9.59 Å². The number of anilines is 1. The molecule has 3 aromatic rings. The quantitative estimate of drug-likeness (QED) is 0.449. The first-order valence-electron chi connectivity index (χ1n) is 13.4. The third-order valence-electron chi connectivity index (χ3n) is 8.15. The SMILES string of the molecule is O=C1CCC(N2C(=O)c3ccc(NC[C@H]4C[C@H](n5cc(-c6ncccn6)c(C6CC6)n5)C4)cc3C2=O)C(=O)N1. The van der Waals surface area contributed by atoms with Gasteiger partial charge in [0.2, 0.25) is 11.8 Å². The van der Waals surface area contributed by atoms with Crippen molar-refractivity contribution in [2.75, 3.05) is 11.9 Å². The molecule has 4 amide bonds. The molecule has 198 valence electrons. The lowest BCUT2D eigenvalue weighted by molar-refractivity contribution is -0.136. The van der Waals surface area contributed by atoms with E-state index in [9.17, 15) is 19.2 Å². The third kappa shape index (κ3) is 4.18. The van der Waals surface area contributed by atoms with Gasteiger partial charge in [-0.15, -0.1) is 0 Å². The summed E-state index contributed by atoms with van der Waals surface area (Å²) in [5.41, 5.74) is 3.44. The number of hydrogen-bond donors (Lipinski definition) is 2. The topological polar surface area (TPSA) is 139 Å². The predicted octanol–water partition coefficient (Wildman–Crippen LogP) is 2.68. The zero-order valence-electron chi connectivity index (χ0n) is 21.2. The van der Waals surface area contributed by atoms with Crippen LogP contribution in [0.1, 0.15) is 76.9 Å². The summed E-state index contributed by atoms with van der Waals surface area (Å²) in [5, 5.41) is 10.6. The molecule has 11 heteroatoms. The number of imide groups is 2. The molecule has 11 nitrogen and oxygen atoms in total. The minimum atomic E-state index is -0.963. The Labute approximate surface area is 224 Å². The summed E-state index contributed by atoms with van der Waals surface area (Å²) in [6.45, 7) is 0.736. The number of fused-ring (bicyclic) bond motifs is 1. The molecule has 7 rings (SSSR count). The standard InChI is InChI=1S/C28H27N7O4/c36-23-7-6-22(26(37)32-23)35-27(38)19-5-4-17(12-20(19)28(35)39)31-13-15-10-18(11-15)34-14-21(24(33-34)16-2-3-16)25-29-8-1-9-30-25/h1,4-5,8-9,12,14-16,18,22,31H,2-3,6-7,10-11,13H2,(H,32,36,37)/t15-,18-,22?. The van der Waals surface area contributed by atoms with Crippen molar-refractivity contribution in [2.45, 2.75) is 56.5 Å². The summed E-state index contributed by atoms with van der Waals surface area (Å²) >= 11 is 0. The Morgan fingerprint density at radius 3 is 2.46 bits per heavy atom. The van der Waals surface area contributed by atoms with Crippen molar-refractivity contribution in [3.05, 3.63) is 59.7 Å². The smallest absolute Gasteiger partial charge is 0.262 e. The van der Waals surface area contributed by atoms with E-state index in [0.29, 0.717) is 17.9 Å². The molecule has 4 aliphatic rings. The number of nitrogens with one attached hydrogen (secondary N) is 2. The number of hydrogen-bond acceptors (Lipinski definition) is 8. The van der Waals surface area contributed by atoms with Crippen LogP contribution in [-0.4, -0.2) is 60.9 Å². The zero-order valence-corrected chi connectivity index (χ0v) is 21.2. The largest absolute Gasteiger partial charge is 0.385 e. The molecular weight excluding hydrogens is 498 g/mol. The zero-order chi connectivity index (χ0) is 26.7. The summed E-state index contributed by atoms with van der Waals surface area (Å²) in [4.78, 5) is 59.6. The van der Waals surface area contributed by atoms with Crippen molar-refractivity contribution >= 4 is 29.3 Å². The predicted molar refractivity (Wildman–Crippen MR) is 139 cm³/mol. The molecule has 1 aromatic carbocycles. The van der Waals surface area contributed by atoms with Gasteiger partial charge in [0.1, 0.15) is 6.04 Å². The lowest BCUT2D eigenvalue weighted by atomic mass is 9.80. The highest BCUT2D eigenvalue weighted by atomic mass is 16.2. The van der Waals surface area contributed by atoms with E-state index in [2.05, 4.69) is 31.5 Å². The summed E-state index contributed by atoms with van der Waals surface area (Å²) in [6.07, 6.45) is 10.1. The first kappa shape index (κ1) is 23.7. The second kappa shape index (κ2) is 9.11. The lowest BCUT2D eigenvalue weighted by Gasteiger charge is -2.35. The number of carbonyl (C=O) groups excluding carboxylic acids is 4. The van der Waals surface area contributed by atoms with Gasteiger partial charge in [-0.1, -0.05) is 0 Å². The van der Waals surface area contributed by atoms with Crippen molar-refractivity contribution in [3.63, 3.8) is 0 Å². The molecule has 4 heterocycles. The van der Waals surface area contributed by atoms with Crippen molar-refractivity contribution < 1.29 is 19.2 Å². The second-order valence-electron chi connectivity index (χ2n) is 10.8. The Kier molecular flexibility index (Phi) is 5.53. The van der Waals surface area contributed by atoms with Crippen molar-refractivity contribution in [1.29, 1.82) is 0 Å². The van der Waals surface area contributed by atoms with Crippen LogP contribution >= 0.6 is 0 Å². The van der Waals surface area contributed by atoms with Crippen LogP contribution in [0.3, 0.4) is 0 Å². The number of carbonyl (C=O) groups is 4. The maximum absolute atomic E-state index is 13.1. The van der Waals surface area contributed by atoms with Gasteiger partial charge in [0.15, 0.2) is 5.82 Å². The number of benzene rings is 1. The molecule has 1 atom stereocenters. The highest BCUT2D eigenvalue weighted by molar-refractivity contribution is 6.23. The third-order valence-corrected chi connectivity index (χ3v) is 8.15. The van der Waals surface area contributed by atoms with Gasteiger partial charge < -0.3 is 5.32 Å². The van der Waals surface area contributed by atoms with Crippen LogP contribution in [0.2, 0.25) is 0 Å². The fraction of sp³-hybridized carbons (Fsp3) is 0.393. The lowest BCUT2D eigenvalue weighted by Crippen LogP contribution is -2.54. The van der Waals surface area contributed by atoms with E-state index in [-0.39, 0.29) is 29.9 Å². The van der Waals surface area contributed by atoms with E-state index < -0.39 is 23.8 Å². The van der Waals surface area contributed by atoms with Crippen molar-refractivity contribution in [1.82, 2.24) is 30.0 Å². The van der Waals surface area contributed by atoms with Crippen LogP contribution in [0, 0.1) is 5.92 Å². The van der Waals surface area contributed by atoms with E-state index in [1.165, 1.54) is 0 Å². The molecule has 2 saturated carbocycles. The van der Waals surface area contributed by atoms with Gasteiger partial charge in [-0.05, 0) is 62.3 Å². The Bertz CT molecular complexity index is 1510. The highest BCUT2D eigenvalue weighted by Gasteiger charge is 2.44. The summed E-state index contributed by atoms with van der Waals surface area (Å²) in [7, 11) is 0. The molecule has 1 saturated heterocycles. The van der Waals surface area contributed by atoms with E-state index in [0.717, 1.165) is 59.9 Å². The number of aromatic nitrogens is 4. The Morgan fingerprint density at radius 1 is 0.949 bits per heavy atom.